The van der Waals surface area contributed by atoms with Gasteiger partial charge in [-0.05, 0) is 37.1 Å². The molecule has 9 heteroatoms. The first-order valence-corrected chi connectivity index (χ1v) is 9.88. The van der Waals surface area contributed by atoms with Crippen LogP contribution in [0.5, 0.6) is 11.5 Å². The van der Waals surface area contributed by atoms with Crippen molar-refractivity contribution >= 4 is 16.7 Å². The Hall–Kier alpha value is -3.07. The van der Waals surface area contributed by atoms with Crippen molar-refractivity contribution in [2.45, 2.75) is 26.6 Å². The third kappa shape index (κ3) is 4.66. The van der Waals surface area contributed by atoms with E-state index in [1.54, 1.807) is 25.1 Å². The van der Waals surface area contributed by atoms with Crippen molar-refractivity contribution in [3.05, 3.63) is 52.8 Å². The van der Waals surface area contributed by atoms with Crippen LogP contribution >= 0.6 is 0 Å². The second-order valence-electron chi connectivity index (χ2n) is 7.19. The minimum atomic E-state index is -4.39. The van der Waals surface area contributed by atoms with E-state index in [9.17, 15) is 13.2 Å². The fourth-order valence-corrected chi connectivity index (χ4v) is 3.50. The number of aryl methyl sites for hydroxylation is 1. The first kappa shape index (κ1) is 21.2. The van der Waals surface area contributed by atoms with Gasteiger partial charge in [-0.3, -0.25) is 0 Å². The van der Waals surface area contributed by atoms with E-state index in [0.29, 0.717) is 66.0 Å². The minimum absolute atomic E-state index is 0.184. The topological polar surface area (TPSA) is 65.5 Å². The lowest BCUT2D eigenvalue weighted by atomic mass is 10.0. The van der Waals surface area contributed by atoms with E-state index < -0.39 is 11.7 Å². The number of halogens is 3. The second kappa shape index (κ2) is 8.58. The maximum atomic E-state index is 13.2. The summed E-state index contributed by atoms with van der Waals surface area (Å²) in [5.41, 5.74) is 0.744. The van der Waals surface area contributed by atoms with Gasteiger partial charge in [-0.15, -0.1) is 0 Å². The Kier molecular flexibility index (Phi) is 5.86. The van der Waals surface area contributed by atoms with Crippen LogP contribution in [0.3, 0.4) is 0 Å². The molecule has 0 saturated carbocycles. The molecule has 2 heterocycles. The number of ether oxygens (including phenoxy) is 3. The predicted molar refractivity (Wildman–Crippen MR) is 110 cm³/mol. The summed E-state index contributed by atoms with van der Waals surface area (Å²) in [5.74, 6) is 2.16. The third-order valence-corrected chi connectivity index (χ3v) is 5.04. The summed E-state index contributed by atoms with van der Waals surface area (Å²) in [6.07, 6.45) is -4.39. The average Bonchev–Trinajstić information content (AvgIpc) is 2.82. The molecule has 0 bridgehead atoms. The summed E-state index contributed by atoms with van der Waals surface area (Å²) in [6, 6.07) is 7.74. The van der Waals surface area contributed by atoms with Crippen LogP contribution in [0.4, 0.5) is 19.0 Å². The smallest absolute Gasteiger partial charge is 0.416 e. The molecule has 6 nitrogen and oxygen atoms in total. The van der Waals surface area contributed by atoms with Gasteiger partial charge in [0.2, 0.25) is 0 Å². The molecule has 0 amide bonds. The summed E-state index contributed by atoms with van der Waals surface area (Å²) in [6.45, 7) is 5.10. The number of rotatable bonds is 3. The largest absolute Gasteiger partial charge is 0.487 e. The van der Waals surface area contributed by atoms with Crippen molar-refractivity contribution in [1.82, 2.24) is 9.97 Å². The quantitative estimate of drug-likeness (QED) is 0.648. The first-order valence-electron chi connectivity index (χ1n) is 9.88. The molecule has 0 unspecified atom stereocenters. The molecule has 3 aromatic rings. The average molecular weight is 433 g/mol. The van der Waals surface area contributed by atoms with Gasteiger partial charge in [-0.2, -0.15) is 13.2 Å². The molecule has 31 heavy (non-hydrogen) atoms. The van der Waals surface area contributed by atoms with Gasteiger partial charge in [0.25, 0.3) is 0 Å². The van der Waals surface area contributed by atoms with Crippen molar-refractivity contribution in [2.24, 2.45) is 0 Å². The van der Waals surface area contributed by atoms with E-state index in [-0.39, 0.29) is 12.1 Å². The number of benzene rings is 2. The maximum absolute atomic E-state index is 13.2. The van der Waals surface area contributed by atoms with Crippen LogP contribution in [-0.2, 0) is 17.5 Å². The number of hydrogen-bond donors (Lipinski definition) is 1. The Morgan fingerprint density at radius 3 is 2.39 bits per heavy atom. The Balaban J connectivity index is 1.68. The summed E-state index contributed by atoms with van der Waals surface area (Å²) in [7, 11) is 0. The van der Waals surface area contributed by atoms with Gasteiger partial charge in [0.05, 0.1) is 24.3 Å². The highest BCUT2D eigenvalue weighted by Gasteiger charge is 2.32. The van der Waals surface area contributed by atoms with E-state index in [0.717, 1.165) is 6.07 Å². The lowest BCUT2D eigenvalue weighted by Gasteiger charge is -2.16. The SMILES string of the molecule is Cc1nc(NCc2cccc(C(F)(F)F)c2C)c2cc3c(cc2n1)OCCOCCO3. The molecule has 164 valence electrons. The monoisotopic (exact) mass is 433 g/mol. The van der Waals surface area contributed by atoms with Crippen molar-refractivity contribution < 1.29 is 27.4 Å². The number of nitrogens with one attached hydrogen (secondary N) is 1. The van der Waals surface area contributed by atoms with Crippen LogP contribution in [0.25, 0.3) is 10.9 Å². The molecule has 0 atom stereocenters. The van der Waals surface area contributed by atoms with Gasteiger partial charge in [-0.1, -0.05) is 12.1 Å². The van der Waals surface area contributed by atoms with Crippen molar-refractivity contribution in [1.29, 1.82) is 0 Å². The zero-order chi connectivity index (χ0) is 22.0. The fourth-order valence-electron chi connectivity index (χ4n) is 3.50. The molecule has 1 aromatic heterocycles. The molecule has 4 rings (SSSR count). The van der Waals surface area contributed by atoms with Crippen LogP contribution in [0, 0.1) is 13.8 Å². The van der Waals surface area contributed by atoms with Crippen LogP contribution in [0.2, 0.25) is 0 Å². The van der Waals surface area contributed by atoms with Crippen LogP contribution in [0.1, 0.15) is 22.5 Å². The fraction of sp³-hybridized carbons (Fsp3) is 0.364. The summed E-state index contributed by atoms with van der Waals surface area (Å²) in [4.78, 5) is 8.94. The normalized spacial score (nSPS) is 14.6. The maximum Gasteiger partial charge on any atom is 0.416 e. The number of hydrogen-bond acceptors (Lipinski definition) is 6. The van der Waals surface area contributed by atoms with Gasteiger partial charge in [-0.25, -0.2) is 9.97 Å². The summed E-state index contributed by atoms with van der Waals surface area (Å²) < 4.78 is 56.6. The summed E-state index contributed by atoms with van der Waals surface area (Å²) >= 11 is 0. The van der Waals surface area contributed by atoms with E-state index in [4.69, 9.17) is 14.2 Å². The van der Waals surface area contributed by atoms with Crippen LogP contribution in [0.15, 0.2) is 30.3 Å². The van der Waals surface area contributed by atoms with Gasteiger partial charge in [0.1, 0.15) is 24.9 Å². The molecular formula is C22H22F3N3O3. The van der Waals surface area contributed by atoms with E-state index in [2.05, 4.69) is 15.3 Å². The first-order chi connectivity index (χ1) is 14.8. The second-order valence-corrected chi connectivity index (χ2v) is 7.19. The zero-order valence-electron chi connectivity index (χ0n) is 17.2. The Labute approximate surface area is 177 Å². The molecule has 0 spiro atoms. The molecular weight excluding hydrogens is 411 g/mol. The van der Waals surface area contributed by atoms with Crippen molar-refractivity contribution in [3.63, 3.8) is 0 Å². The molecule has 2 aromatic carbocycles. The van der Waals surface area contributed by atoms with Gasteiger partial charge < -0.3 is 19.5 Å². The number of nitrogens with zero attached hydrogens (tertiary/aromatic N) is 2. The van der Waals surface area contributed by atoms with Crippen molar-refractivity contribution in [2.75, 3.05) is 31.7 Å². The number of fused-ring (bicyclic) bond motifs is 2. The number of aromatic nitrogens is 2. The molecule has 0 saturated heterocycles. The molecule has 1 N–H and O–H groups in total. The number of alkyl halides is 3. The number of anilines is 1. The molecule has 0 aliphatic carbocycles. The standard InChI is InChI=1S/C22H22F3N3O3/c1-13-15(4-3-5-17(13)22(23,24)25)12-26-21-16-10-19-20(11-18(16)27-14(2)28-21)31-9-7-29-6-8-30-19/h3-5,10-11H,6-9,12H2,1-2H3,(H,26,27,28). The predicted octanol–water partition coefficient (Wildman–Crippen LogP) is 4.67. The van der Waals surface area contributed by atoms with Crippen molar-refractivity contribution in [3.8, 4) is 11.5 Å². The third-order valence-electron chi connectivity index (χ3n) is 5.04. The summed E-state index contributed by atoms with van der Waals surface area (Å²) in [5, 5.41) is 3.86. The van der Waals surface area contributed by atoms with Gasteiger partial charge >= 0.3 is 6.18 Å². The molecule has 0 fully saturated rings. The molecule has 1 aliphatic rings. The highest BCUT2D eigenvalue weighted by Crippen LogP contribution is 2.36. The highest BCUT2D eigenvalue weighted by molar-refractivity contribution is 5.91. The highest BCUT2D eigenvalue weighted by atomic mass is 19.4. The van der Waals surface area contributed by atoms with Crippen LogP contribution < -0.4 is 14.8 Å². The van der Waals surface area contributed by atoms with Crippen LogP contribution in [-0.4, -0.2) is 36.4 Å². The van der Waals surface area contributed by atoms with E-state index in [1.807, 2.05) is 0 Å². The molecule has 0 radical (unpaired) electrons. The lowest BCUT2D eigenvalue weighted by molar-refractivity contribution is -0.138. The Bertz CT molecular complexity index is 1100. The lowest BCUT2D eigenvalue weighted by Crippen LogP contribution is -2.11. The zero-order valence-corrected chi connectivity index (χ0v) is 17.2. The van der Waals surface area contributed by atoms with Gasteiger partial charge in [0.15, 0.2) is 11.5 Å². The Morgan fingerprint density at radius 2 is 1.68 bits per heavy atom. The van der Waals surface area contributed by atoms with E-state index in [1.165, 1.54) is 13.0 Å². The van der Waals surface area contributed by atoms with Gasteiger partial charge in [0, 0.05) is 18.0 Å². The Morgan fingerprint density at radius 1 is 0.968 bits per heavy atom. The van der Waals surface area contributed by atoms with E-state index >= 15 is 0 Å². The molecule has 1 aliphatic heterocycles. The minimum Gasteiger partial charge on any atom is -0.487 e.